The number of rotatable bonds is 5. The third-order valence-electron chi connectivity index (χ3n) is 9.38. The van der Waals surface area contributed by atoms with Crippen LogP contribution in [0.2, 0.25) is 0 Å². The highest BCUT2D eigenvalue weighted by Crippen LogP contribution is 2.64. The third-order valence-corrected chi connectivity index (χ3v) is 9.38. The number of hydrogen-bond acceptors (Lipinski definition) is 5. The van der Waals surface area contributed by atoms with E-state index in [0.29, 0.717) is 50.7 Å². The Kier molecular flexibility index (Phi) is 7.15. The molecule has 2 amide bonds. The Labute approximate surface area is 199 Å². The van der Waals surface area contributed by atoms with Crippen LogP contribution in [0.3, 0.4) is 0 Å². The van der Waals surface area contributed by atoms with E-state index in [4.69, 9.17) is 4.74 Å². The molecule has 7 heteroatoms. The van der Waals surface area contributed by atoms with Crippen molar-refractivity contribution in [1.82, 2.24) is 15.1 Å². The van der Waals surface area contributed by atoms with E-state index in [-0.39, 0.29) is 22.6 Å². The Morgan fingerprint density at radius 2 is 1.67 bits per heavy atom. The van der Waals surface area contributed by atoms with Crippen LogP contribution in [0, 0.1) is 16.7 Å². The molecule has 4 atom stereocenters. The second-order valence-corrected chi connectivity index (χ2v) is 12.2. The first kappa shape index (κ1) is 24.9. The van der Waals surface area contributed by atoms with E-state index in [2.05, 4.69) is 19.2 Å². The number of ether oxygens (including phenoxy) is 1. The van der Waals surface area contributed by atoms with Gasteiger partial charge < -0.3 is 25.0 Å². The monoisotopic (exact) mass is 463 g/mol. The second-order valence-electron chi connectivity index (χ2n) is 12.2. The van der Waals surface area contributed by atoms with E-state index in [0.717, 1.165) is 58.0 Å². The lowest BCUT2D eigenvalue weighted by molar-refractivity contribution is -0.137. The summed E-state index contributed by atoms with van der Waals surface area (Å²) in [6.07, 6.45) is 7.09. The highest BCUT2D eigenvalue weighted by Gasteiger charge is 2.61. The van der Waals surface area contributed by atoms with Crippen molar-refractivity contribution in [2.24, 2.45) is 16.7 Å². The van der Waals surface area contributed by atoms with Crippen LogP contribution < -0.4 is 5.32 Å². The predicted octanol–water partition coefficient (Wildman–Crippen LogP) is 2.56. The summed E-state index contributed by atoms with van der Waals surface area (Å²) in [6, 6.07) is 0.759. The Hall–Kier alpha value is -1.18. The van der Waals surface area contributed by atoms with Crippen molar-refractivity contribution in [2.75, 3.05) is 39.4 Å². The quantitative estimate of drug-likeness (QED) is 0.655. The van der Waals surface area contributed by atoms with E-state index in [1.54, 1.807) is 6.92 Å². The Balaban J connectivity index is 1.50. The SMILES string of the molecule is CC(=O)N1CCC(NC2CC(C)(C)C3CC(C)(O)CCC23CCC(=O)N2CCOCC2)CC1. The second kappa shape index (κ2) is 9.46. The van der Waals surface area contributed by atoms with Crippen molar-refractivity contribution in [1.29, 1.82) is 0 Å². The fraction of sp³-hybridized carbons (Fsp3) is 0.923. The minimum Gasteiger partial charge on any atom is -0.390 e. The number of carbonyl (C=O) groups excluding carboxylic acids is 2. The van der Waals surface area contributed by atoms with Gasteiger partial charge >= 0.3 is 0 Å². The molecule has 2 saturated heterocycles. The molecular weight excluding hydrogens is 418 g/mol. The number of nitrogens with one attached hydrogen (secondary N) is 1. The van der Waals surface area contributed by atoms with Gasteiger partial charge in [-0.05, 0) is 68.6 Å². The minimum atomic E-state index is -0.624. The zero-order valence-corrected chi connectivity index (χ0v) is 21.2. The maximum Gasteiger partial charge on any atom is 0.222 e. The fourth-order valence-corrected chi connectivity index (χ4v) is 7.42. The summed E-state index contributed by atoms with van der Waals surface area (Å²) < 4.78 is 5.43. The standard InChI is InChI=1S/C26H45N3O4/c1-19(30)28-11-6-20(7-12-28)27-22-18-24(2,3)21-17-25(4,32)9-10-26(21,22)8-5-23(31)29-13-15-33-16-14-29/h20-22,27,32H,5-18H2,1-4H3. The van der Waals surface area contributed by atoms with Crippen LogP contribution >= 0.6 is 0 Å². The molecule has 0 radical (unpaired) electrons. The molecule has 0 spiro atoms. The first-order valence-corrected chi connectivity index (χ1v) is 13.1. The number of morpholine rings is 1. The molecule has 4 fully saturated rings. The molecule has 4 unspecified atom stereocenters. The van der Waals surface area contributed by atoms with Crippen molar-refractivity contribution in [2.45, 2.75) is 96.7 Å². The predicted molar refractivity (Wildman–Crippen MR) is 128 cm³/mol. The summed E-state index contributed by atoms with van der Waals surface area (Å²) in [7, 11) is 0. The highest BCUT2D eigenvalue weighted by molar-refractivity contribution is 5.76. The van der Waals surface area contributed by atoms with Crippen LogP contribution in [-0.2, 0) is 14.3 Å². The Bertz CT molecular complexity index is 725. The first-order valence-electron chi connectivity index (χ1n) is 13.1. The summed E-state index contributed by atoms with van der Waals surface area (Å²) >= 11 is 0. The molecule has 0 aromatic heterocycles. The summed E-state index contributed by atoms with van der Waals surface area (Å²) in [6.45, 7) is 12.7. The van der Waals surface area contributed by atoms with E-state index < -0.39 is 5.60 Å². The van der Waals surface area contributed by atoms with E-state index in [1.165, 1.54) is 0 Å². The lowest BCUT2D eigenvalue weighted by atomic mass is 9.57. The van der Waals surface area contributed by atoms with Crippen LogP contribution in [0.25, 0.3) is 0 Å². The third kappa shape index (κ3) is 5.25. The fourth-order valence-electron chi connectivity index (χ4n) is 7.42. The first-order chi connectivity index (χ1) is 15.5. The number of aliphatic hydroxyl groups is 1. The van der Waals surface area contributed by atoms with Gasteiger partial charge in [0.05, 0.1) is 18.8 Å². The minimum absolute atomic E-state index is 0.0331. The number of piperidine rings is 1. The molecule has 2 aliphatic carbocycles. The maximum absolute atomic E-state index is 13.1. The molecular formula is C26H45N3O4. The van der Waals surface area contributed by atoms with Crippen molar-refractivity contribution in [3.8, 4) is 0 Å². The molecule has 4 aliphatic rings. The van der Waals surface area contributed by atoms with Gasteiger partial charge in [0.15, 0.2) is 0 Å². The van der Waals surface area contributed by atoms with Crippen LogP contribution in [0.15, 0.2) is 0 Å². The van der Waals surface area contributed by atoms with Gasteiger partial charge in [0.1, 0.15) is 0 Å². The van der Waals surface area contributed by atoms with Crippen LogP contribution in [0.4, 0.5) is 0 Å². The molecule has 4 rings (SSSR count). The molecule has 2 aliphatic heterocycles. The van der Waals surface area contributed by atoms with Crippen molar-refractivity contribution in [3.63, 3.8) is 0 Å². The summed E-state index contributed by atoms with van der Waals surface area (Å²) in [5, 5.41) is 15.0. The average molecular weight is 464 g/mol. The van der Waals surface area contributed by atoms with E-state index >= 15 is 0 Å². The molecule has 2 saturated carbocycles. The zero-order chi connectivity index (χ0) is 23.9. The average Bonchev–Trinajstić information content (AvgIpc) is 2.98. The lowest BCUT2D eigenvalue weighted by Crippen LogP contribution is -2.55. The van der Waals surface area contributed by atoms with Gasteiger partial charge in [-0.1, -0.05) is 13.8 Å². The number of fused-ring (bicyclic) bond motifs is 1. The van der Waals surface area contributed by atoms with Crippen LogP contribution in [0.1, 0.15) is 79.1 Å². The molecule has 33 heavy (non-hydrogen) atoms. The van der Waals surface area contributed by atoms with Gasteiger partial charge in [-0.2, -0.15) is 0 Å². The zero-order valence-electron chi connectivity index (χ0n) is 21.2. The van der Waals surface area contributed by atoms with Gasteiger partial charge in [-0.3, -0.25) is 9.59 Å². The number of amides is 2. The summed E-state index contributed by atoms with van der Waals surface area (Å²) in [4.78, 5) is 28.7. The normalized spacial score (nSPS) is 37.1. The molecule has 0 bridgehead atoms. The summed E-state index contributed by atoms with van der Waals surface area (Å²) in [5.74, 6) is 0.811. The lowest BCUT2D eigenvalue weighted by Gasteiger charge is -2.51. The number of carbonyl (C=O) groups is 2. The highest BCUT2D eigenvalue weighted by atomic mass is 16.5. The molecule has 0 aromatic rings. The molecule has 2 heterocycles. The number of likely N-dealkylation sites (tertiary alicyclic amines) is 1. The van der Waals surface area contributed by atoms with Gasteiger partial charge in [-0.15, -0.1) is 0 Å². The summed E-state index contributed by atoms with van der Waals surface area (Å²) in [5.41, 5.74) is -0.475. The Morgan fingerprint density at radius 3 is 2.30 bits per heavy atom. The topological polar surface area (TPSA) is 82.1 Å². The maximum atomic E-state index is 13.1. The van der Waals surface area contributed by atoms with Gasteiger partial charge in [0, 0.05) is 51.6 Å². The molecule has 2 N–H and O–H groups in total. The smallest absolute Gasteiger partial charge is 0.222 e. The number of nitrogens with zero attached hydrogens (tertiary/aromatic N) is 2. The number of hydrogen-bond donors (Lipinski definition) is 2. The van der Waals surface area contributed by atoms with E-state index in [9.17, 15) is 14.7 Å². The van der Waals surface area contributed by atoms with Crippen molar-refractivity contribution in [3.05, 3.63) is 0 Å². The van der Waals surface area contributed by atoms with E-state index in [1.807, 2.05) is 16.7 Å². The van der Waals surface area contributed by atoms with Gasteiger partial charge in [0.2, 0.25) is 11.8 Å². The van der Waals surface area contributed by atoms with Gasteiger partial charge in [0.25, 0.3) is 0 Å². The van der Waals surface area contributed by atoms with Crippen LogP contribution in [0.5, 0.6) is 0 Å². The molecule has 0 aromatic carbocycles. The van der Waals surface area contributed by atoms with Crippen molar-refractivity contribution >= 4 is 11.8 Å². The molecule has 7 nitrogen and oxygen atoms in total. The molecule has 188 valence electrons. The van der Waals surface area contributed by atoms with Crippen molar-refractivity contribution < 1.29 is 19.4 Å². The Morgan fingerprint density at radius 1 is 1.00 bits per heavy atom. The van der Waals surface area contributed by atoms with Gasteiger partial charge in [-0.25, -0.2) is 0 Å². The largest absolute Gasteiger partial charge is 0.390 e. The van der Waals surface area contributed by atoms with Crippen LogP contribution in [-0.4, -0.2) is 83.8 Å².